The van der Waals surface area contributed by atoms with Crippen molar-refractivity contribution in [2.75, 3.05) is 13.1 Å². The molecule has 0 rings (SSSR count). The molecule has 0 N–H and O–H groups in total. The fourth-order valence-corrected chi connectivity index (χ4v) is 2.61. The van der Waals surface area contributed by atoms with Crippen LogP contribution in [0.4, 0.5) is 0 Å². The summed E-state index contributed by atoms with van der Waals surface area (Å²) in [4.78, 5) is 0. The van der Waals surface area contributed by atoms with Gasteiger partial charge >= 0.3 is 0 Å². The summed E-state index contributed by atoms with van der Waals surface area (Å²) in [7, 11) is -3.06. The van der Waals surface area contributed by atoms with Crippen LogP contribution in [0.15, 0.2) is 0 Å². The van der Waals surface area contributed by atoms with Crippen LogP contribution in [0.25, 0.3) is 0 Å². The highest BCUT2D eigenvalue weighted by Gasteiger charge is 2.24. The van der Waals surface area contributed by atoms with E-state index in [9.17, 15) is 8.42 Å². The maximum atomic E-state index is 11.8. The Bertz CT molecular complexity index is 247. The van der Waals surface area contributed by atoms with E-state index >= 15 is 0 Å². The van der Waals surface area contributed by atoms with Crippen LogP contribution in [0, 0.1) is 5.92 Å². The predicted molar refractivity (Wildman–Crippen MR) is 60.8 cm³/mol. The molecule has 1 unspecified atom stereocenters. The molecule has 0 heterocycles. The minimum atomic E-state index is -3.06. The van der Waals surface area contributed by atoms with Crippen LogP contribution in [-0.2, 0) is 10.0 Å². The van der Waals surface area contributed by atoms with Gasteiger partial charge in [0.2, 0.25) is 10.0 Å². The van der Waals surface area contributed by atoms with Gasteiger partial charge in [0.1, 0.15) is 0 Å². The average Bonchev–Trinajstić information content (AvgIpc) is 2.12. The van der Waals surface area contributed by atoms with E-state index in [2.05, 4.69) is 13.8 Å². The first-order valence-corrected chi connectivity index (χ1v) is 6.85. The molecule has 0 aromatic heterocycles. The summed E-state index contributed by atoms with van der Waals surface area (Å²) in [6, 6.07) is 0. The summed E-state index contributed by atoms with van der Waals surface area (Å²) >= 11 is 0. The molecule has 0 aromatic rings. The van der Waals surface area contributed by atoms with Gasteiger partial charge in [0, 0.05) is 13.1 Å². The molecule has 0 aliphatic heterocycles. The van der Waals surface area contributed by atoms with Crippen LogP contribution < -0.4 is 0 Å². The molecule has 3 nitrogen and oxygen atoms in total. The standard InChI is InChI=1S/C10H23NO2S/c1-6-10(5)8-11(7-2)14(12,13)9(3)4/h9-10H,6-8H2,1-5H3. The molecule has 0 aliphatic rings. The first-order chi connectivity index (χ1) is 6.36. The molecule has 0 aromatic carbocycles. The van der Waals surface area contributed by atoms with E-state index in [0.717, 1.165) is 6.42 Å². The van der Waals surface area contributed by atoms with Crippen molar-refractivity contribution in [3.8, 4) is 0 Å². The Hall–Kier alpha value is -0.0900. The lowest BCUT2D eigenvalue weighted by atomic mass is 10.1. The van der Waals surface area contributed by atoms with Crippen LogP contribution in [-0.4, -0.2) is 31.1 Å². The van der Waals surface area contributed by atoms with E-state index < -0.39 is 10.0 Å². The second-order valence-corrected chi connectivity index (χ2v) is 6.55. The number of sulfonamides is 1. The van der Waals surface area contributed by atoms with Gasteiger partial charge in [-0.15, -0.1) is 0 Å². The van der Waals surface area contributed by atoms with Crippen molar-refractivity contribution in [3.05, 3.63) is 0 Å². The lowest BCUT2D eigenvalue weighted by Gasteiger charge is -2.25. The maximum Gasteiger partial charge on any atom is 0.216 e. The Kier molecular flexibility index (Phi) is 5.67. The average molecular weight is 221 g/mol. The van der Waals surface area contributed by atoms with Crippen molar-refractivity contribution in [2.24, 2.45) is 5.92 Å². The first-order valence-electron chi connectivity index (χ1n) is 5.35. The summed E-state index contributed by atoms with van der Waals surface area (Å²) in [6.07, 6.45) is 1.02. The van der Waals surface area contributed by atoms with E-state index in [1.165, 1.54) is 0 Å². The minimum absolute atomic E-state index is 0.313. The molecule has 0 radical (unpaired) electrons. The monoisotopic (exact) mass is 221 g/mol. The quantitative estimate of drug-likeness (QED) is 0.689. The third-order valence-corrected chi connectivity index (χ3v) is 4.84. The van der Waals surface area contributed by atoms with Crippen molar-refractivity contribution >= 4 is 10.0 Å². The molecule has 0 saturated heterocycles. The summed E-state index contributed by atoms with van der Waals surface area (Å²) in [5.41, 5.74) is 0. The first kappa shape index (κ1) is 13.9. The molecule has 0 aliphatic carbocycles. The Balaban J connectivity index is 4.57. The van der Waals surface area contributed by atoms with Crippen LogP contribution >= 0.6 is 0 Å². The summed E-state index contributed by atoms with van der Waals surface area (Å²) in [6.45, 7) is 10.7. The van der Waals surface area contributed by atoms with Crippen molar-refractivity contribution in [3.63, 3.8) is 0 Å². The van der Waals surface area contributed by atoms with Crippen LogP contribution in [0.2, 0.25) is 0 Å². The zero-order valence-electron chi connectivity index (χ0n) is 9.95. The van der Waals surface area contributed by atoms with Crippen molar-refractivity contribution in [2.45, 2.75) is 46.3 Å². The largest absolute Gasteiger partial charge is 0.216 e. The van der Waals surface area contributed by atoms with Crippen molar-refractivity contribution in [1.29, 1.82) is 0 Å². The zero-order chi connectivity index (χ0) is 11.4. The topological polar surface area (TPSA) is 37.4 Å². The van der Waals surface area contributed by atoms with E-state index in [0.29, 0.717) is 19.0 Å². The Morgan fingerprint density at radius 1 is 1.14 bits per heavy atom. The van der Waals surface area contributed by atoms with Crippen molar-refractivity contribution in [1.82, 2.24) is 4.31 Å². The van der Waals surface area contributed by atoms with Gasteiger partial charge in [-0.25, -0.2) is 12.7 Å². The Labute approximate surface area is 88.5 Å². The molecule has 0 bridgehead atoms. The molecule has 0 saturated carbocycles. The smallest absolute Gasteiger partial charge is 0.212 e. The zero-order valence-corrected chi connectivity index (χ0v) is 10.8. The summed E-state index contributed by atoms with van der Waals surface area (Å²) < 4.78 is 25.3. The fourth-order valence-electron chi connectivity index (χ4n) is 1.19. The van der Waals surface area contributed by atoms with Crippen LogP contribution in [0.3, 0.4) is 0 Å². The van der Waals surface area contributed by atoms with Gasteiger partial charge in [-0.2, -0.15) is 0 Å². The molecule has 86 valence electrons. The predicted octanol–water partition coefficient (Wildman–Crippen LogP) is 2.09. The number of rotatable bonds is 6. The van der Waals surface area contributed by atoms with Crippen LogP contribution in [0.5, 0.6) is 0 Å². The second kappa shape index (κ2) is 5.71. The van der Waals surface area contributed by atoms with Gasteiger partial charge in [-0.05, 0) is 19.8 Å². The van der Waals surface area contributed by atoms with Gasteiger partial charge in [-0.1, -0.05) is 27.2 Å². The van der Waals surface area contributed by atoms with E-state index in [4.69, 9.17) is 0 Å². The SMILES string of the molecule is CCC(C)CN(CC)S(=O)(=O)C(C)C. The van der Waals surface area contributed by atoms with Gasteiger partial charge in [0.25, 0.3) is 0 Å². The number of hydrogen-bond acceptors (Lipinski definition) is 2. The molecule has 1 atom stereocenters. The van der Waals surface area contributed by atoms with E-state index in [1.807, 2.05) is 6.92 Å². The Morgan fingerprint density at radius 3 is 1.93 bits per heavy atom. The molecule has 4 heteroatoms. The molecular weight excluding hydrogens is 198 g/mol. The summed E-state index contributed by atoms with van der Waals surface area (Å²) in [5.74, 6) is 0.434. The highest BCUT2D eigenvalue weighted by Crippen LogP contribution is 2.12. The normalized spacial score (nSPS) is 15.1. The highest BCUT2D eigenvalue weighted by atomic mass is 32.2. The Morgan fingerprint density at radius 2 is 1.64 bits per heavy atom. The number of hydrogen-bond donors (Lipinski definition) is 0. The van der Waals surface area contributed by atoms with E-state index in [-0.39, 0.29) is 5.25 Å². The molecule has 0 fully saturated rings. The molecule has 0 amide bonds. The van der Waals surface area contributed by atoms with E-state index in [1.54, 1.807) is 18.2 Å². The highest BCUT2D eigenvalue weighted by molar-refractivity contribution is 7.89. The third kappa shape index (κ3) is 3.58. The lowest BCUT2D eigenvalue weighted by molar-refractivity contribution is 0.358. The van der Waals surface area contributed by atoms with Gasteiger partial charge in [0.15, 0.2) is 0 Å². The molecule has 14 heavy (non-hydrogen) atoms. The fraction of sp³-hybridized carbons (Fsp3) is 1.00. The van der Waals surface area contributed by atoms with Crippen molar-refractivity contribution < 1.29 is 8.42 Å². The van der Waals surface area contributed by atoms with Gasteiger partial charge in [-0.3, -0.25) is 0 Å². The van der Waals surface area contributed by atoms with Crippen LogP contribution in [0.1, 0.15) is 41.0 Å². The number of nitrogens with zero attached hydrogens (tertiary/aromatic N) is 1. The minimum Gasteiger partial charge on any atom is -0.212 e. The third-order valence-electron chi connectivity index (χ3n) is 2.52. The van der Waals surface area contributed by atoms with Gasteiger partial charge in [0.05, 0.1) is 5.25 Å². The molecule has 0 spiro atoms. The van der Waals surface area contributed by atoms with Gasteiger partial charge < -0.3 is 0 Å². The summed E-state index contributed by atoms with van der Waals surface area (Å²) in [5, 5.41) is -0.313. The maximum absolute atomic E-state index is 11.8. The molecular formula is C10H23NO2S. The lowest BCUT2D eigenvalue weighted by Crippen LogP contribution is -2.38. The second-order valence-electron chi connectivity index (χ2n) is 4.06.